The highest BCUT2D eigenvalue weighted by molar-refractivity contribution is 5.84. The van der Waals surface area contributed by atoms with Crippen molar-refractivity contribution in [2.24, 2.45) is 0 Å². The van der Waals surface area contributed by atoms with Gasteiger partial charge in [0.15, 0.2) is 0 Å². The molecular formula is C9H13F4NO. The highest BCUT2D eigenvalue weighted by Crippen LogP contribution is 2.26. The Morgan fingerprint density at radius 1 is 1.07 bits per heavy atom. The maximum absolute atomic E-state index is 12.7. The zero-order chi connectivity index (χ0) is 11.5. The van der Waals surface area contributed by atoms with Gasteiger partial charge in [0, 0.05) is 13.1 Å². The predicted molar refractivity (Wildman–Crippen MR) is 46.0 cm³/mol. The number of alkyl halides is 4. The number of amides is 1. The van der Waals surface area contributed by atoms with Crippen LogP contribution in [0.4, 0.5) is 17.6 Å². The molecular weight excluding hydrogens is 214 g/mol. The largest absolute Gasteiger partial charge is 0.383 e. The van der Waals surface area contributed by atoms with E-state index in [1.165, 1.54) is 0 Å². The first-order valence-electron chi connectivity index (χ1n) is 4.91. The number of carbonyl (C=O) groups is 1. The molecule has 1 aliphatic heterocycles. The highest BCUT2D eigenvalue weighted by Gasteiger charge is 2.50. The van der Waals surface area contributed by atoms with Crippen LogP contribution in [0.2, 0.25) is 0 Å². The molecule has 0 unspecified atom stereocenters. The number of likely N-dealkylation sites (tertiary alicyclic amines) is 1. The van der Waals surface area contributed by atoms with Crippen LogP contribution >= 0.6 is 0 Å². The summed E-state index contributed by atoms with van der Waals surface area (Å²) in [6, 6.07) is 0. The Labute approximate surface area is 85.2 Å². The number of rotatable bonds is 2. The van der Waals surface area contributed by atoms with Crippen LogP contribution in [-0.2, 0) is 4.79 Å². The van der Waals surface area contributed by atoms with E-state index in [1.54, 1.807) is 0 Å². The van der Waals surface area contributed by atoms with Gasteiger partial charge in [-0.1, -0.05) is 12.8 Å². The molecule has 0 bridgehead atoms. The van der Waals surface area contributed by atoms with Crippen LogP contribution in [0, 0.1) is 0 Å². The first kappa shape index (κ1) is 12.3. The second-order valence-electron chi connectivity index (χ2n) is 3.63. The predicted octanol–water partition coefficient (Wildman–Crippen LogP) is 2.29. The van der Waals surface area contributed by atoms with Crippen LogP contribution in [-0.4, -0.2) is 36.2 Å². The van der Waals surface area contributed by atoms with Crippen LogP contribution in [0.25, 0.3) is 0 Å². The first-order valence-corrected chi connectivity index (χ1v) is 4.91. The average molecular weight is 227 g/mol. The van der Waals surface area contributed by atoms with E-state index in [1.807, 2.05) is 0 Å². The maximum atomic E-state index is 12.7. The second kappa shape index (κ2) is 4.81. The van der Waals surface area contributed by atoms with Crippen molar-refractivity contribution >= 4 is 5.91 Å². The lowest BCUT2D eigenvalue weighted by Gasteiger charge is -2.25. The zero-order valence-electron chi connectivity index (χ0n) is 8.19. The molecule has 1 rings (SSSR count). The lowest BCUT2D eigenvalue weighted by Crippen LogP contribution is -2.48. The third-order valence-corrected chi connectivity index (χ3v) is 2.45. The molecule has 1 fully saturated rings. The van der Waals surface area contributed by atoms with E-state index in [2.05, 4.69) is 0 Å². The fourth-order valence-corrected chi connectivity index (χ4v) is 1.58. The smallest absolute Gasteiger partial charge is 0.337 e. The molecule has 0 radical (unpaired) electrons. The molecule has 0 saturated carbocycles. The minimum absolute atomic E-state index is 0.154. The molecule has 1 amide bonds. The Kier molecular flexibility index (Phi) is 3.93. The van der Waals surface area contributed by atoms with Crippen molar-refractivity contribution in [1.29, 1.82) is 0 Å². The summed E-state index contributed by atoms with van der Waals surface area (Å²) in [7, 11) is 0. The molecule has 15 heavy (non-hydrogen) atoms. The summed E-state index contributed by atoms with van der Waals surface area (Å²) in [4.78, 5) is 12.0. The number of hydrogen-bond acceptors (Lipinski definition) is 1. The lowest BCUT2D eigenvalue weighted by atomic mass is 10.2. The fourth-order valence-electron chi connectivity index (χ4n) is 1.58. The van der Waals surface area contributed by atoms with Crippen LogP contribution in [0.3, 0.4) is 0 Å². The van der Waals surface area contributed by atoms with Crippen molar-refractivity contribution in [3.05, 3.63) is 0 Å². The molecule has 1 saturated heterocycles. The van der Waals surface area contributed by atoms with Crippen LogP contribution in [0.15, 0.2) is 0 Å². The Hall–Kier alpha value is -0.810. The highest BCUT2D eigenvalue weighted by atomic mass is 19.3. The molecule has 1 heterocycles. The van der Waals surface area contributed by atoms with Gasteiger partial charge >= 0.3 is 12.3 Å². The van der Waals surface area contributed by atoms with Gasteiger partial charge in [-0.3, -0.25) is 4.79 Å². The molecule has 88 valence electrons. The van der Waals surface area contributed by atoms with Gasteiger partial charge in [-0.05, 0) is 12.8 Å². The van der Waals surface area contributed by atoms with E-state index in [0.717, 1.165) is 17.7 Å². The summed E-state index contributed by atoms with van der Waals surface area (Å²) >= 11 is 0. The molecule has 6 heteroatoms. The van der Waals surface area contributed by atoms with Gasteiger partial charge in [-0.25, -0.2) is 8.78 Å². The topological polar surface area (TPSA) is 20.3 Å². The van der Waals surface area contributed by atoms with E-state index in [-0.39, 0.29) is 13.1 Å². The molecule has 0 atom stereocenters. The molecule has 0 aromatic heterocycles. The Bertz CT molecular complexity index is 224. The van der Waals surface area contributed by atoms with Gasteiger partial charge in [-0.15, -0.1) is 0 Å². The molecule has 0 aromatic carbocycles. The summed E-state index contributed by atoms with van der Waals surface area (Å²) in [6.07, 6.45) is -1.02. The maximum Gasteiger partial charge on any atom is 0.383 e. The third kappa shape index (κ3) is 2.82. The van der Waals surface area contributed by atoms with Crippen molar-refractivity contribution in [3.8, 4) is 0 Å². The third-order valence-electron chi connectivity index (χ3n) is 2.45. The van der Waals surface area contributed by atoms with Crippen molar-refractivity contribution in [1.82, 2.24) is 4.90 Å². The number of hydrogen-bond donors (Lipinski definition) is 0. The van der Waals surface area contributed by atoms with Crippen molar-refractivity contribution in [2.45, 2.75) is 38.0 Å². The van der Waals surface area contributed by atoms with E-state index in [4.69, 9.17) is 0 Å². The summed E-state index contributed by atoms with van der Waals surface area (Å²) in [6.45, 7) is 0.308. The summed E-state index contributed by atoms with van der Waals surface area (Å²) in [5.74, 6) is -6.27. The summed E-state index contributed by atoms with van der Waals surface area (Å²) < 4.78 is 49.3. The standard InChI is InChI=1S/C9H13F4NO/c10-7(11)9(12,13)8(15)14-5-3-1-2-4-6-14/h7H,1-6H2. The molecule has 0 aromatic rings. The molecule has 0 N–H and O–H groups in total. The SMILES string of the molecule is O=C(N1CCCCCC1)C(F)(F)C(F)F. The summed E-state index contributed by atoms with van der Waals surface area (Å²) in [5, 5.41) is 0. The Morgan fingerprint density at radius 2 is 1.53 bits per heavy atom. The number of halogens is 4. The Morgan fingerprint density at radius 3 is 1.93 bits per heavy atom. The monoisotopic (exact) mass is 227 g/mol. The average Bonchev–Trinajstić information content (AvgIpc) is 2.44. The molecule has 0 spiro atoms. The normalized spacial score (nSPS) is 19.1. The van der Waals surface area contributed by atoms with Crippen LogP contribution in [0.5, 0.6) is 0 Å². The van der Waals surface area contributed by atoms with E-state index in [0.29, 0.717) is 12.8 Å². The van der Waals surface area contributed by atoms with E-state index >= 15 is 0 Å². The van der Waals surface area contributed by atoms with E-state index < -0.39 is 18.3 Å². The van der Waals surface area contributed by atoms with Crippen LogP contribution < -0.4 is 0 Å². The van der Waals surface area contributed by atoms with Crippen molar-refractivity contribution in [2.75, 3.05) is 13.1 Å². The van der Waals surface area contributed by atoms with E-state index in [9.17, 15) is 22.4 Å². The minimum Gasteiger partial charge on any atom is -0.337 e. The van der Waals surface area contributed by atoms with Crippen LogP contribution in [0.1, 0.15) is 25.7 Å². The van der Waals surface area contributed by atoms with Crippen molar-refractivity contribution < 1.29 is 22.4 Å². The van der Waals surface area contributed by atoms with Gasteiger partial charge in [0.1, 0.15) is 0 Å². The number of nitrogens with zero attached hydrogens (tertiary/aromatic N) is 1. The molecule has 0 aliphatic carbocycles. The quantitative estimate of drug-likeness (QED) is 0.663. The first-order chi connectivity index (χ1) is 6.96. The summed E-state index contributed by atoms with van der Waals surface area (Å²) in [5.41, 5.74) is 0. The van der Waals surface area contributed by atoms with Gasteiger partial charge in [0.25, 0.3) is 5.91 Å². The van der Waals surface area contributed by atoms with Gasteiger partial charge in [0.2, 0.25) is 0 Å². The van der Waals surface area contributed by atoms with Gasteiger partial charge in [0.05, 0.1) is 0 Å². The lowest BCUT2D eigenvalue weighted by molar-refractivity contribution is -0.180. The number of carbonyl (C=O) groups excluding carboxylic acids is 1. The van der Waals surface area contributed by atoms with Gasteiger partial charge < -0.3 is 4.90 Å². The molecule has 1 aliphatic rings. The minimum atomic E-state index is -4.54. The van der Waals surface area contributed by atoms with Crippen molar-refractivity contribution in [3.63, 3.8) is 0 Å². The fraction of sp³-hybridized carbons (Fsp3) is 0.889. The second-order valence-corrected chi connectivity index (χ2v) is 3.63. The Balaban J connectivity index is 2.65. The molecule has 2 nitrogen and oxygen atoms in total. The zero-order valence-corrected chi connectivity index (χ0v) is 8.19. The van der Waals surface area contributed by atoms with Gasteiger partial charge in [-0.2, -0.15) is 8.78 Å².